The van der Waals surface area contributed by atoms with Gasteiger partial charge in [-0.1, -0.05) is 6.92 Å². The Morgan fingerprint density at radius 2 is 2.31 bits per heavy atom. The first-order valence-corrected chi connectivity index (χ1v) is 6.76. The Kier molecular flexibility index (Phi) is 4.70. The van der Waals surface area contributed by atoms with Crippen LogP contribution in [0.2, 0.25) is 0 Å². The second kappa shape index (κ2) is 5.81. The molecular weight excluding hydrogens is 228 g/mol. The molecule has 0 amide bonds. The van der Waals surface area contributed by atoms with Crippen molar-refractivity contribution in [1.82, 2.24) is 4.98 Å². The molecule has 1 aromatic heterocycles. The van der Waals surface area contributed by atoms with E-state index < -0.39 is 10.0 Å². The molecule has 0 fully saturated rings. The normalized spacial score (nSPS) is 13.4. The van der Waals surface area contributed by atoms with Crippen LogP contribution in [0.15, 0.2) is 24.5 Å². The minimum absolute atomic E-state index is 0.0518. The highest BCUT2D eigenvalue weighted by Crippen LogP contribution is 2.11. The molecule has 0 spiro atoms. The summed E-state index contributed by atoms with van der Waals surface area (Å²) < 4.78 is 27.3. The Morgan fingerprint density at radius 3 is 2.81 bits per heavy atom. The number of primary sulfonamides is 1. The maximum Gasteiger partial charge on any atom is 0.209 e. The third-order valence-electron chi connectivity index (χ3n) is 2.17. The van der Waals surface area contributed by atoms with E-state index in [4.69, 9.17) is 9.88 Å². The van der Waals surface area contributed by atoms with Crippen LogP contribution in [-0.2, 0) is 10.0 Å². The van der Waals surface area contributed by atoms with E-state index in [0.29, 0.717) is 18.8 Å². The summed E-state index contributed by atoms with van der Waals surface area (Å²) in [5.74, 6) is 0.495. The molecule has 6 heteroatoms. The van der Waals surface area contributed by atoms with Crippen LogP contribution in [0.4, 0.5) is 0 Å². The zero-order valence-electron chi connectivity index (χ0n) is 9.17. The van der Waals surface area contributed by atoms with E-state index in [1.807, 2.05) is 6.92 Å². The van der Waals surface area contributed by atoms with Crippen molar-refractivity contribution in [3.05, 3.63) is 24.5 Å². The summed E-state index contributed by atoms with van der Waals surface area (Å²) >= 11 is 0. The molecule has 0 aliphatic heterocycles. The van der Waals surface area contributed by atoms with Crippen LogP contribution >= 0.6 is 0 Å². The van der Waals surface area contributed by atoms with E-state index in [1.54, 1.807) is 24.5 Å². The van der Waals surface area contributed by atoms with Crippen LogP contribution in [-0.4, -0.2) is 25.8 Å². The third kappa shape index (κ3) is 5.09. The summed E-state index contributed by atoms with van der Waals surface area (Å²) in [7, 11) is -3.44. The molecule has 1 heterocycles. The summed E-state index contributed by atoms with van der Waals surface area (Å²) in [5.41, 5.74) is 0. The Balaban J connectivity index is 2.46. The number of hydrogen-bond acceptors (Lipinski definition) is 4. The van der Waals surface area contributed by atoms with Crippen LogP contribution < -0.4 is 9.88 Å². The lowest BCUT2D eigenvalue weighted by atomic mass is 10.1. The van der Waals surface area contributed by atoms with Crippen molar-refractivity contribution in [2.45, 2.75) is 13.3 Å². The number of rotatable bonds is 6. The Morgan fingerprint density at radius 1 is 1.56 bits per heavy atom. The SMILES string of the molecule is CCC(COc1cccnc1)CS(N)(=O)=O. The van der Waals surface area contributed by atoms with E-state index >= 15 is 0 Å². The minimum Gasteiger partial charge on any atom is -0.492 e. The predicted molar refractivity (Wildman–Crippen MR) is 61.5 cm³/mol. The molecule has 0 bridgehead atoms. The van der Waals surface area contributed by atoms with Crippen molar-refractivity contribution in [2.75, 3.05) is 12.4 Å². The maximum atomic E-state index is 10.9. The van der Waals surface area contributed by atoms with Gasteiger partial charge in [0.15, 0.2) is 0 Å². The summed E-state index contributed by atoms with van der Waals surface area (Å²) in [5, 5.41) is 4.99. The largest absolute Gasteiger partial charge is 0.492 e. The van der Waals surface area contributed by atoms with Crippen molar-refractivity contribution in [3.8, 4) is 5.75 Å². The number of sulfonamides is 1. The van der Waals surface area contributed by atoms with Gasteiger partial charge in [-0.25, -0.2) is 13.6 Å². The maximum absolute atomic E-state index is 10.9. The van der Waals surface area contributed by atoms with Gasteiger partial charge in [-0.2, -0.15) is 0 Å². The molecule has 2 N–H and O–H groups in total. The summed E-state index contributed by atoms with van der Waals surface area (Å²) in [4.78, 5) is 3.90. The molecule has 16 heavy (non-hydrogen) atoms. The van der Waals surface area contributed by atoms with Crippen LogP contribution in [0.25, 0.3) is 0 Å². The fourth-order valence-corrected chi connectivity index (χ4v) is 2.25. The van der Waals surface area contributed by atoms with E-state index in [-0.39, 0.29) is 11.7 Å². The van der Waals surface area contributed by atoms with Gasteiger partial charge in [0.2, 0.25) is 10.0 Å². The topological polar surface area (TPSA) is 82.3 Å². The fourth-order valence-electron chi connectivity index (χ4n) is 1.26. The molecule has 0 aliphatic carbocycles. The quantitative estimate of drug-likeness (QED) is 0.801. The van der Waals surface area contributed by atoms with E-state index in [2.05, 4.69) is 4.98 Å². The highest BCUT2D eigenvalue weighted by molar-refractivity contribution is 7.89. The second-order valence-corrected chi connectivity index (χ2v) is 5.26. The van der Waals surface area contributed by atoms with Gasteiger partial charge in [0.1, 0.15) is 5.75 Å². The smallest absolute Gasteiger partial charge is 0.209 e. The molecule has 90 valence electrons. The molecule has 1 atom stereocenters. The van der Waals surface area contributed by atoms with Crippen LogP contribution in [0, 0.1) is 5.92 Å². The standard InChI is InChI=1S/C10H16N2O3S/c1-2-9(8-16(11,13)14)7-15-10-4-3-5-12-6-10/h3-6,9H,2,7-8H2,1H3,(H2,11,13,14). The summed E-state index contributed by atoms with van der Waals surface area (Å²) in [6.07, 6.45) is 3.94. The van der Waals surface area contributed by atoms with Gasteiger partial charge in [-0.05, 0) is 18.6 Å². The van der Waals surface area contributed by atoms with Gasteiger partial charge >= 0.3 is 0 Å². The molecule has 0 saturated carbocycles. The number of ether oxygens (including phenoxy) is 1. The first-order valence-electron chi connectivity index (χ1n) is 5.04. The van der Waals surface area contributed by atoms with Gasteiger partial charge in [0.05, 0.1) is 18.6 Å². The highest BCUT2D eigenvalue weighted by atomic mass is 32.2. The number of nitrogens with two attached hydrogens (primary N) is 1. The monoisotopic (exact) mass is 244 g/mol. The Labute approximate surface area is 95.7 Å². The van der Waals surface area contributed by atoms with Crippen molar-refractivity contribution < 1.29 is 13.2 Å². The van der Waals surface area contributed by atoms with Crippen molar-refractivity contribution in [1.29, 1.82) is 0 Å². The van der Waals surface area contributed by atoms with Crippen LogP contribution in [0.5, 0.6) is 5.75 Å². The predicted octanol–water partition coefficient (Wildman–Crippen LogP) is 0.775. The Bertz CT molecular complexity index is 405. The zero-order chi connectivity index (χ0) is 12.0. The van der Waals surface area contributed by atoms with E-state index in [1.165, 1.54) is 0 Å². The minimum atomic E-state index is -3.44. The van der Waals surface area contributed by atoms with Crippen molar-refractivity contribution in [2.24, 2.45) is 11.1 Å². The first-order chi connectivity index (χ1) is 7.51. The lowest BCUT2D eigenvalue weighted by Gasteiger charge is -2.14. The molecule has 0 saturated heterocycles. The summed E-state index contributed by atoms with van der Waals surface area (Å²) in [6, 6.07) is 3.53. The van der Waals surface area contributed by atoms with Crippen molar-refractivity contribution in [3.63, 3.8) is 0 Å². The number of aromatic nitrogens is 1. The van der Waals surface area contributed by atoms with Crippen LogP contribution in [0.3, 0.4) is 0 Å². The Hall–Kier alpha value is -1.14. The number of hydrogen-bond donors (Lipinski definition) is 1. The number of pyridine rings is 1. The average Bonchev–Trinajstić information content (AvgIpc) is 2.24. The van der Waals surface area contributed by atoms with Gasteiger partial charge in [0.25, 0.3) is 0 Å². The molecule has 5 nitrogen and oxygen atoms in total. The highest BCUT2D eigenvalue weighted by Gasteiger charge is 2.14. The molecule has 0 aliphatic rings. The molecule has 1 rings (SSSR count). The number of nitrogens with zero attached hydrogens (tertiary/aromatic N) is 1. The lowest BCUT2D eigenvalue weighted by Crippen LogP contribution is -2.26. The summed E-state index contributed by atoms with van der Waals surface area (Å²) in [6.45, 7) is 2.24. The fraction of sp³-hybridized carbons (Fsp3) is 0.500. The van der Waals surface area contributed by atoms with Crippen LogP contribution in [0.1, 0.15) is 13.3 Å². The van der Waals surface area contributed by atoms with E-state index in [0.717, 1.165) is 0 Å². The first kappa shape index (κ1) is 12.9. The molecular formula is C10H16N2O3S. The van der Waals surface area contributed by atoms with Gasteiger partial charge in [-0.3, -0.25) is 4.98 Å². The second-order valence-electron chi connectivity index (χ2n) is 3.60. The molecule has 0 radical (unpaired) electrons. The lowest BCUT2D eigenvalue weighted by molar-refractivity contribution is 0.257. The molecule has 1 unspecified atom stereocenters. The van der Waals surface area contributed by atoms with Gasteiger partial charge in [-0.15, -0.1) is 0 Å². The average molecular weight is 244 g/mol. The van der Waals surface area contributed by atoms with E-state index in [9.17, 15) is 8.42 Å². The van der Waals surface area contributed by atoms with Gasteiger partial charge < -0.3 is 4.74 Å². The van der Waals surface area contributed by atoms with Crippen molar-refractivity contribution >= 4 is 10.0 Å². The zero-order valence-corrected chi connectivity index (χ0v) is 9.98. The molecule has 0 aromatic carbocycles. The van der Waals surface area contributed by atoms with Gasteiger partial charge in [0, 0.05) is 12.1 Å². The molecule has 1 aromatic rings. The third-order valence-corrected chi connectivity index (χ3v) is 3.10.